The van der Waals surface area contributed by atoms with Crippen LogP contribution in [0.25, 0.3) is 0 Å². The van der Waals surface area contributed by atoms with E-state index in [2.05, 4.69) is 5.32 Å². The Labute approximate surface area is 140 Å². The van der Waals surface area contributed by atoms with Crippen molar-refractivity contribution in [3.05, 3.63) is 35.4 Å². The van der Waals surface area contributed by atoms with Crippen molar-refractivity contribution in [1.82, 2.24) is 5.32 Å². The second kappa shape index (κ2) is 6.87. The summed E-state index contributed by atoms with van der Waals surface area (Å²) in [5, 5.41) is 11.9. The average Bonchev–Trinajstić information content (AvgIpc) is 2.97. The van der Waals surface area contributed by atoms with E-state index < -0.39 is 28.4 Å². The van der Waals surface area contributed by atoms with Crippen LogP contribution in [-0.2, 0) is 15.0 Å². The molecule has 1 aliphatic carbocycles. The van der Waals surface area contributed by atoms with Gasteiger partial charge in [-0.05, 0) is 39.2 Å². The highest BCUT2D eigenvalue weighted by Gasteiger charge is 2.44. The van der Waals surface area contributed by atoms with Gasteiger partial charge in [-0.1, -0.05) is 18.9 Å². The third-order valence-corrected chi connectivity index (χ3v) is 4.95. The quantitative estimate of drug-likeness (QED) is 0.835. The van der Waals surface area contributed by atoms with Gasteiger partial charge in [0.1, 0.15) is 11.6 Å². The first-order chi connectivity index (χ1) is 11.2. The number of carbonyl (C=O) groups is 2. The van der Waals surface area contributed by atoms with Gasteiger partial charge in [-0.3, -0.25) is 9.59 Å². The zero-order valence-corrected chi connectivity index (χ0v) is 14.0. The normalized spacial score (nSPS) is 16.8. The Morgan fingerprint density at radius 1 is 1.25 bits per heavy atom. The zero-order valence-electron chi connectivity index (χ0n) is 14.0. The van der Waals surface area contributed by atoms with Crippen LogP contribution in [0.15, 0.2) is 18.2 Å². The highest BCUT2D eigenvalue weighted by atomic mass is 19.1. The number of carboxylic acids is 1. The van der Waals surface area contributed by atoms with Crippen LogP contribution in [0.3, 0.4) is 0 Å². The van der Waals surface area contributed by atoms with Crippen LogP contribution >= 0.6 is 0 Å². The van der Waals surface area contributed by atoms with Crippen molar-refractivity contribution < 1.29 is 23.5 Å². The van der Waals surface area contributed by atoms with Gasteiger partial charge in [0, 0.05) is 18.2 Å². The molecule has 24 heavy (non-hydrogen) atoms. The van der Waals surface area contributed by atoms with Gasteiger partial charge < -0.3 is 10.4 Å². The Balaban J connectivity index is 2.15. The van der Waals surface area contributed by atoms with Crippen molar-refractivity contribution >= 4 is 11.9 Å². The van der Waals surface area contributed by atoms with Crippen molar-refractivity contribution in [2.75, 3.05) is 6.54 Å². The number of rotatable bonds is 6. The van der Waals surface area contributed by atoms with E-state index in [0.717, 1.165) is 18.9 Å². The molecule has 1 amide bonds. The predicted molar refractivity (Wildman–Crippen MR) is 85.5 cm³/mol. The van der Waals surface area contributed by atoms with E-state index in [1.54, 1.807) is 13.8 Å². The maximum atomic E-state index is 14.2. The number of hydrogen-bond donors (Lipinski definition) is 2. The molecule has 0 aromatic heterocycles. The van der Waals surface area contributed by atoms with Crippen LogP contribution in [0.2, 0.25) is 0 Å². The van der Waals surface area contributed by atoms with E-state index >= 15 is 0 Å². The van der Waals surface area contributed by atoms with Gasteiger partial charge in [0.15, 0.2) is 0 Å². The molecule has 1 aromatic carbocycles. The molecule has 0 atom stereocenters. The van der Waals surface area contributed by atoms with E-state index in [1.165, 1.54) is 12.1 Å². The number of amides is 1. The Morgan fingerprint density at radius 2 is 1.88 bits per heavy atom. The molecular weight excluding hydrogens is 316 g/mol. The minimum atomic E-state index is -0.995. The zero-order chi connectivity index (χ0) is 18.0. The summed E-state index contributed by atoms with van der Waals surface area (Å²) in [6.07, 6.45) is 2.87. The average molecular weight is 339 g/mol. The number of nitrogens with one attached hydrogen (secondary N) is 1. The smallest absolute Gasteiger partial charge is 0.309 e. The van der Waals surface area contributed by atoms with Gasteiger partial charge in [0.05, 0.1) is 10.8 Å². The molecule has 0 heterocycles. The van der Waals surface area contributed by atoms with Gasteiger partial charge in [-0.25, -0.2) is 8.78 Å². The van der Waals surface area contributed by atoms with Crippen LogP contribution < -0.4 is 5.32 Å². The van der Waals surface area contributed by atoms with Crippen molar-refractivity contribution in [2.24, 2.45) is 5.41 Å². The fourth-order valence-electron chi connectivity index (χ4n) is 3.24. The number of carboxylic acid groups (broad SMARTS) is 1. The predicted octanol–water partition coefficient (Wildman–Crippen LogP) is 3.39. The molecule has 2 N–H and O–H groups in total. The summed E-state index contributed by atoms with van der Waals surface area (Å²) in [6.45, 7) is 3.38. The molecule has 0 unspecified atom stereocenters. The Hall–Kier alpha value is -1.98. The first kappa shape index (κ1) is 18.4. The fourth-order valence-corrected chi connectivity index (χ4v) is 3.24. The van der Waals surface area contributed by atoms with Gasteiger partial charge in [0.2, 0.25) is 5.91 Å². The van der Waals surface area contributed by atoms with E-state index in [0.29, 0.717) is 12.8 Å². The number of hydrogen-bond acceptors (Lipinski definition) is 2. The van der Waals surface area contributed by atoms with Gasteiger partial charge in [-0.2, -0.15) is 0 Å². The monoisotopic (exact) mass is 339 g/mol. The molecule has 0 radical (unpaired) electrons. The maximum Gasteiger partial charge on any atom is 0.309 e. The second-order valence-electron chi connectivity index (χ2n) is 7.11. The SMILES string of the molecule is CC(C)(CCNC(=O)C1(c2ccc(F)cc2F)CCCC1)C(=O)O. The molecule has 132 valence electrons. The molecule has 2 rings (SSSR count). The molecule has 0 bridgehead atoms. The molecule has 0 spiro atoms. The Bertz CT molecular complexity index is 637. The number of aliphatic carboxylic acids is 1. The molecule has 1 aliphatic rings. The lowest BCUT2D eigenvalue weighted by Crippen LogP contribution is -2.44. The third-order valence-electron chi connectivity index (χ3n) is 4.95. The van der Waals surface area contributed by atoms with Gasteiger partial charge in [-0.15, -0.1) is 0 Å². The van der Waals surface area contributed by atoms with Crippen molar-refractivity contribution in [3.8, 4) is 0 Å². The van der Waals surface area contributed by atoms with Gasteiger partial charge >= 0.3 is 5.97 Å². The summed E-state index contributed by atoms with van der Waals surface area (Å²) in [5.74, 6) is -2.63. The molecule has 1 saturated carbocycles. The number of halogens is 2. The first-order valence-electron chi connectivity index (χ1n) is 8.16. The lowest BCUT2D eigenvalue weighted by Gasteiger charge is -2.29. The molecular formula is C18H23F2NO3. The Morgan fingerprint density at radius 3 is 2.42 bits per heavy atom. The number of carbonyl (C=O) groups excluding carboxylic acids is 1. The topological polar surface area (TPSA) is 66.4 Å². The molecule has 4 nitrogen and oxygen atoms in total. The van der Waals surface area contributed by atoms with Crippen LogP contribution in [-0.4, -0.2) is 23.5 Å². The maximum absolute atomic E-state index is 14.2. The van der Waals surface area contributed by atoms with Crippen LogP contribution in [0.4, 0.5) is 8.78 Å². The first-order valence-corrected chi connectivity index (χ1v) is 8.16. The van der Waals surface area contributed by atoms with Crippen LogP contribution in [0.5, 0.6) is 0 Å². The summed E-state index contributed by atoms with van der Waals surface area (Å²) in [6, 6.07) is 3.31. The molecule has 1 aromatic rings. The van der Waals surface area contributed by atoms with E-state index in [1.807, 2.05) is 0 Å². The molecule has 6 heteroatoms. The van der Waals surface area contributed by atoms with Crippen molar-refractivity contribution in [3.63, 3.8) is 0 Å². The highest BCUT2D eigenvalue weighted by molar-refractivity contribution is 5.88. The summed E-state index contributed by atoms with van der Waals surface area (Å²) in [4.78, 5) is 23.9. The van der Waals surface area contributed by atoms with E-state index in [4.69, 9.17) is 5.11 Å². The minimum Gasteiger partial charge on any atom is -0.481 e. The summed E-state index contributed by atoms with van der Waals surface area (Å²) in [5.41, 5.74) is -1.72. The van der Waals surface area contributed by atoms with Crippen molar-refractivity contribution in [1.29, 1.82) is 0 Å². The van der Waals surface area contributed by atoms with Crippen LogP contribution in [0, 0.1) is 17.0 Å². The van der Waals surface area contributed by atoms with Gasteiger partial charge in [0.25, 0.3) is 0 Å². The lowest BCUT2D eigenvalue weighted by molar-refractivity contribution is -0.147. The fraction of sp³-hybridized carbons (Fsp3) is 0.556. The largest absolute Gasteiger partial charge is 0.481 e. The molecule has 0 aliphatic heterocycles. The van der Waals surface area contributed by atoms with Crippen LogP contribution in [0.1, 0.15) is 51.5 Å². The Kier molecular flexibility index (Phi) is 5.26. The van der Waals surface area contributed by atoms with Crippen molar-refractivity contribution in [2.45, 2.75) is 51.4 Å². The summed E-state index contributed by atoms with van der Waals surface area (Å²) >= 11 is 0. The summed E-state index contributed by atoms with van der Waals surface area (Å²) in [7, 11) is 0. The highest BCUT2D eigenvalue weighted by Crippen LogP contribution is 2.42. The van der Waals surface area contributed by atoms with E-state index in [9.17, 15) is 18.4 Å². The second-order valence-corrected chi connectivity index (χ2v) is 7.11. The lowest BCUT2D eigenvalue weighted by atomic mass is 9.77. The minimum absolute atomic E-state index is 0.197. The van der Waals surface area contributed by atoms with E-state index in [-0.39, 0.29) is 24.4 Å². The molecule has 0 saturated heterocycles. The standard InChI is InChI=1S/C18H23F2NO3/c1-17(2,16(23)24)9-10-21-15(22)18(7-3-4-8-18)13-6-5-12(19)11-14(13)20/h5-6,11H,3-4,7-10H2,1-2H3,(H,21,22)(H,23,24). The molecule has 1 fully saturated rings. The number of benzene rings is 1. The summed E-state index contributed by atoms with van der Waals surface area (Å²) < 4.78 is 27.4. The third kappa shape index (κ3) is 3.57.